The van der Waals surface area contributed by atoms with Crippen LogP contribution in [0.4, 0.5) is 5.69 Å². The molecule has 0 saturated heterocycles. The SMILES string of the molecule is CCCCCCc1ccc(C)c(N(CC=O)C(=O)CCl)c1. The molecular formula is C17H24ClNO2. The highest BCUT2D eigenvalue weighted by atomic mass is 35.5. The minimum atomic E-state index is -0.241. The van der Waals surface area contributed by atoms with Gasteiger partial charge >= 0.3 is 0 Å². The van der Waals surface area contributed by atoms with Gasteiger partial charge in [0.1, 0.15) is 12.2 Å². The molecule has 0 spiro atoms. The first-order valence-corrected chi connectivity index (χ1v) is 8.07. The van der Waals surface area contributed by atoms with Crippen LogP contribution in [0.3, 0.4) is 0 Å². The Morgan fingerprint density at radius 2 is 2.05 bits per heavy atom. The summed E-state index contributed by atoms with van der Waals surface area (Å²) in [7, 11) is 0. The second kappa shape index (κ2) is 9.56. The molecule has 0 N–H and O–H groups in total. The normalized spacial score (nSPS) is 10.4. The van der Waals surface area contributed by atoms with Crippen LogP contribution < -0.4 is 4.90 Å². The number of anilines is 1. The third-order valence-corrected chi connectivity index (χ3v) is 3.78. The number of rotatable bonds is 9. The lowest BCUT2D eigenvalue weighted by Crippen LogP contribution is -2.34. The van der Waals surface area contributed by atoms with E-state index in [4.69, 9.17) is 11.6 Å². The second-order valence-electron chi connectivity index (χ2n) is 5.24. The van der Waals surface area contributed by atoms with E-state index in [2.05, 4.69) is 13.0 Å². The minimum absolute atomic E-state index is 0.0473. The number of carbonyl (C=O) groups excluding carboxylic acids is 2. The maximum Gasteiger partial charge on any atom is 0.242 e. The fourth-order valence-electron chi connectivity index (χ4n) is 2.34. The Kier molecular flexibility index (Phi) is 8.06. The van der Waals surface area contributed by atoms with Crippen LogP contribution in [0.2, 0.25) is 0 Å². The van der Waals surface area contributed by atoms with Crippen molar-refractivity contribution in [2.24, 2.45) is 0 Å². The fourth-order valence-corrected chi connectivity index (χ4v) is 2.48. The van der Waals surface area contributed by atoms with E-state index in [-0.39, 0.29) is 18.3 Å². The Labute approximate surface area is 132 Å². The number of hydrogen-bond donors (Lipinski definition) is 0. The molecule has 0 atom stereocenters. The number of alkyl halides is 1. The van der Waals surface area contributed by atoms with Crippen molar-refractivity contribution < 1.29 is 9.59 Å². The summed E-state index contributed by atoms with van der Waals surface area (Å²) in [5, 5.41) is 0. The number of unbranched alkanes of at least 4 members (excludes halogenated alkanes) is 3. The summed E-state index contributed by atoms with van der Waals surface area (Å²) in [6.45, 7) is 4.18. The van der Waals surface area contributed by atoms with Crippen LogP contribution in [0.25, 0.3) is 0 Å². The van der Waals surface area contributed by atoms with Gasteiger partial charge in [-0.1, -0.05) is 38.3 Å². The Morgan fingerprint density at radius 1 is 1.29 bits per heavy atom. The maximum atomic E-state index is 11.9. The monoisotopic (exact) mass is 309 g/mol. The summed E-state index contributed by atoms with van der Waals surface area (Å²) in [6, 6.07) is 6.11. The van der Waals surface area contributed by atoms with Gasteiger partial charge in [0, 0.05) is 5.69 Å². The van der Waals surface area contributed by atoms with E-state index >= 15 is 0 Å². The molecule has 0 bridgehead atoms. The van der Waals surface area contributed by atoms with Crippen molar-refractivity contribution in [1.29, 1.82) is 0 Å². The number of carbonyl (C=O) groups is 2. The largest absolute Gasteiger partial charge is 0.304 e. The zero-order valence-corrected chi connectivity index (χ0v) is 13.7. The summed E-state index contributed by atoms with van der Waals surface area (Å²) in [4.78, 5) is 24.2. The van der Waals surface area contributed by atoms with E-state index in [0.717, 1.165) is 30.4 Å². The molecular weight excluding hydrogens is 286 g/mol. The summed E-state index contributed by atoms with van der Waals surface area (Å²) in [6.07, 6.45) is 6.57. The quantitative estimate of drug-likeness (QED) is 0.394. The van der Waals surface area contributed by atoms with Gasteiger partial charge in [-0.05, 0) is 37.0 Å². The number of amides is 1. The van der Waals surface area contributed by atoms with Gasteiger partial charge in [0.2, 0.25) is 5.91 Å². The second-order valence-corrected chi connectivity index (χ2v) is 5.50. The maximum absolute atomic E-state index is 11.9. The molecule has 1 aromatic rings. The number of aryl methyl sites for hydroxylation is 2. The van der Waals surface area contributed by atoms with Gasteiger partial charge in [0.15, 0.2) is 0 Å². The van der Waals surface area contributed by atoms with E-state index in [0.29, 0.717) is 0 Å². The lowest BCUT2D eigenvalue weighted by Gasteiger charge is -2.22. The number of hydrogen-bond acceptors (Lipinski definition) is 2. The number of nitrogens with zero attached hydrogens (tertiary/aromatic N) is 1. The summed E-state index contributed by atoms with van der Waals surface area (Å²) in [5.41, 5.74) is 2.97. The van der Waals surface area contributed by atoms with E-state index < -0.39 is 0 Å². The molecule has 0 unspecified atom stereocenters. The smallest absolute Gasteiger partial charge is 0.242 e. The molecule has 0 radical (unpaired) electrons. The molecule has 1 aromatic carbocycles. The highest BCUT2D eigenvalue weighted by molar-refractivity contribution is 6.29. The zero-order valence-electron chi connectivity index (χ0n) is 12.9. The predicted molar refractivity (Wildman–Crippen MR) is 88.2 cm³/mol. The van der Waals surface area contributed by atoms with Crippen LogP contribution in [0.5, 0.6) is 0 Å². The van der Waals surface area contributed by atoms with Crippen molar-refractivity contribution in [1.82, 2.24) is 0 Å². The van der Waals surface area contributed by atoms with Crippen molar-refractivity contribution in [3.05, 3.63) is 29.3 Å². The number of halogens is 1. The third kappa shape index (κ3) is 5.50. The minimum Gasteiger partial charge on any atom is -0.304 e. The van der Waals surface area contributed by atoms with Gasteiger partial charge in [-0.15, -0.1) is 11.6 Å². The lowest BCUT2D eigenvalue weighted by atomic mass is 10.0. The molecule has 3 nitrogen and oxygen atoms in total. The predicted octanol–water partition coefficient (Wildman–Crippen LogP) is 3.89. The highest BCUT2D eigenvalue weighted by Crippen LogP contribution is 2.23. The molecule has 0 heterocycles. The Morgan fingerprint density at radius 3 is 2.67 bits per heavy atom. The molecule has 0 saturated carbocycles. The number of benzene rings is 1. The lowest BCUT2D eigenvalue weighted by molar-refractivity contribution is -0.117. The van der Waals surface area contributed by atoms with Crippen LogP contribution in [0.1, 0.15) is 43.7 Å². The van der Waals surface area contributed by atoms with Crippen LogP contribution in [0, 0.1) is 6.92 Å². The summed E-state index contributed by atoms with van der Waals surface area (Å²) >= 11 is 5.64. The first kappa shape index (κ1) is 17.7. The Bertz CT molecular complexity index is 474. The van der Waals surface area contributed by atoms with Crippen LogP contribution in [-0.2, 0) is 16.0 Å². The molecule has 21 heavy (non-hydrogen) atoms. The zero-order chi connectivity index (χ0) is 15.7. The van der Waals surface area contributed by atoms with Crippen molar-refractivity contribution in [3.63, 3.8) is 0 Å². The standard InChI is InChI=1S/C17H24ClNO2/c1-3-4-5-6-7-15-9-8-14(2)16(12-15)19(10-11-20)17(21)13-18/h8-9,11-12H,3-7,10,13H2,1-2H3. The van der Waals surface area contributed by atoms with E-state index in [1.165, 1.54) is 29.7 Å². The average molecular weight is 310 g/mol. The molecule has 0 aliphatic rings. The van der Waals surface area contributed by atoms with Gasteiger partial charge in [-0.2, -0.15) is 0 Å². The van der Waals surface area contributed by atoms with Crippen LogP contribution in [-0.4, -0.2) is 24.6 Å². The molecule has 0 aliphatic heterocycles. The van der Waals surface area contributed by atoms with Crippen LogP contribution >= 0.6 is 11.6 Å². The van der Waals surface area contributed by atoms with E-state index in [1.54, 1.807) is 0 Å². The molecule has 0 aliphatic carbocycles. The Hall–Kier alpha value is -1.35. The summed E-state index contributed by atoms with van der Waals surface area (Å²) < 4.78 is 0. The molecule has 0 fully saturated rings. The first-order chi connectivity index (χ1) is 10.1. The molecule has 1 amide bonds. The molecule has 0 aromatic heterocycles. The molecule has 4 heteroatoms. The Balaban J connectivity index is 2.88. The van der Waals surface area contributed by atoms with Crippen LogP contribution in [0.15, 0.2) is 18.2 Å². The highest BCUT2D eigenvalue weighted by Gasteiger charge is 2.16. The van der Waals surface area contributed by atoms with Gasteiger partial charge in [0.25, 0.3) is 0 Å². The number of aldehydes is 1. The third-order valence-electron chi connectivity index (χ3n) is 3.56. The van der Waals surface area contributed by atoms with E-state index in [9.17, 15) is 9.59 Å². The van der Waals surface area contributed by atoms with Crippen molar-refractivity contribution >= 4 is 29.5 Å². The molecule has 1 rings (SSSR count). The molecule has 116 valence electrons. The fraction of sp³-hybridized carbons (Fsp3) is 0.529. The van der Waals surface area contributed by atoms with Gasteiger partial charge < -0.3 is 9.69 Å². The van der Waals surface area contributed by atoms with E-state index in [1.807, 2.05) is 19.1 Å². The van der Waals surface area contributed by atoms with Crippen molar-refractivity contribution in [2.45, 2.75) is 46.0 Å². The van der Waals surface area contributed by atoms with Gasteiger partial charge in [-0.3, -0.25) is 4.79 Å². The van der Waals surface area contributed by atoms with Gasteiger partial charge in [-0.25, -0.2) is 0 Å². The first-order valence-electron chi connectivity index (χ1n) is 7.53. The topological polar surface area (TPSA) is 37.4 Å². The van der Waals surface area contributed by atoms with Crippen molar-refractivity contribution in [2.75, 3.05) is 17.3 Å². The average Bonchev–Trinajstić information content (AvgIpc) is 2.50. The summed E-state index contributed by atoms with van der Waals surface area (Å²) in [5.74, 6) is -0.358. The van der Waals surface area contributed by atoms with Gasteiger partial charge in [0.05, 0.1) is 6.54 Å². The van der Waals surface area contributed by atoms with Crippen molar-refractivity contribution in [3.8, 4) is 0 Å².